The summed E-state index contributed by atoms with van der Waals surface area (Å²) >= 11 is 5.38. The van der Waals surface area contributed by atoms with Gasteiger partial charge < -0.3 is 0 Å². The summed E-state index contributed by atoms with van der Waals surface area (Å²) in [4.78, 5) is 0. The van der Waals surface area contributed by atoms with Crippen LogP contribution in [0.4, 0.5) is 0 Å². The number of hydrogen-bond acceptors (Lipinski definition) is 1. The minimum Gasteiger partial charge on any atom is -0.143 e. The lowest BCUT2D eigenvalue weighted by Crippen LogP contribution is -1.78. The molecule has 3 aromatic carbocycles. The van der Waals surface area contributed by atoms with E-state index in [-0.39, 0.29) is 0 Å². The highest BCUT2D eigenvalue weighted by molar-refractivity contribution is 9.10. The molecule has 2 heteroatoms. The zero-order chi connectivity index (χ0) is 13.5. The Morgan fingerprint density at radius 3 is 2.65 bits per heavy atom. The van der Waals surface area contributed by atoms with Gasteiger partial charge in [0.1, 0.15) is 0 Å². The lowest BCUT2D eigenvalue weighted by atomic mass is 10.00. The molecule has 0 saturated carbocycles. The molecular weight excluding hydrogens is 328 g/mol. The van der Waals surface area contributed by atoms with Crippen molar-refractivity contribution >= 4 is 48.1 Å². The second kappa shape index (κ2) is 4.72. The molecule has 0 aliphatic rings. The molecule has 0 nitrogen and oxygen atoms in total. The Morgan fingerprint density at radius 1 is 0.850 bits per heavy atom. The Kier molecular flexibility index (Phi) is 2.86. The summed E-state index contributed by atoms with van der Waals surface area (Å²) in [7, 11) is 0. The quantitative estimate of drug-likeness (QED) is 0.372. The normalized spacial score (nSPS) is 11.2. The standard InChI is InChI=1S/C18H11BrS/c19-14-6-3-5-13(10-14)16-11-20-17-9-8-12-4-1-2-7-15(12)18(16)17/h1-11H. The third kappa shape index (κ3) is 1.88. The van der Waals surface area contributed by atoms with Gasteiger partial charge >= 0.3 is 0 Å². The van der Waals surface area contributed by atoms with E-state index in [0.717, 1.165) is 4.47 Å². The van der Waals surface area contributed by atoms with Gasteiger partial charge in [-0.15, -0.1) is 11.3 Å². The van der Waals surface area contributed by atoms with Crippen molar-refractivity contribution in [2.45, 2.75) is 0 Å². The minimum absolute atomic E-state index is 1.12. The summed E-state index contributed by atoms with van der Waals surface area (Å²) in [6, 6.07) is 21.6. The molecular formula is C18H11BrS. The summed E-state index contributed by atoms with van der Waals surface area (Å²) in [6.45, 7) is 0. The average molecular weight is 339 g/mol. The number of rotatable bonds is 1. The lowest BCUT2D eigenvalue weighted by Gasteiger charge is -2.04. The van der Waals surface area contributed by atoms with Crippen molar-refractivity contribution in [1.29, 1.82) is 0 Å². The molecule has 0 atom stereocenters. The summed E-state index contributed by atoms with van der Waals surface area (Å²) in [5.74, 6) is 0. The van der Waals surface area contributed by atoms with Gasteiger partial charge in [-0.1, -0.05) is 58.4 Å². The third-order valence-corrected chi connectivity index (χ3v) is 5.04. The number of fused-ring (bicyclic) bond motifs is 3. The fraction of sp³-hybridized carbons (Fsp3) is 0. The molecule has 20 heavy (non-hydrogen) atoms. The summed E-state index contributed by atoms with van der Waals surface area (Å²) in [5, 5.41) is 6.26. The molecule has 0 bridgehead atoms. The van der Waals surface area contributed by atoms with Crippen molar-refractivity contribution < 1.29 is 0 Å². The van der Waals surface area contributed by atoms with Crippen molar-refractivity contribution in [1.82, 2.24) is 0 Å². The molecule has 0 N–H and O–H groups in total. The highest BCUT2D eigenvalue weighted by Gasteiger charge is 2.09. The number of thiophene rings is 1. The highest BCUT2D eigenvalue weighted by Crippen LogP contribution is 2.39. The van der Waals surface area contributed by atoms with Gasteiger partial charge in [-0.05, 0) is 39.9 Å². The molecule has 0 radical (unpaired) electrons. The number of hydrogen-bond donors (Lipinski definition) is 0. The second-order valence-electron chi connectivity index (χ2n) is 4.82. The van der Waals surface area contributed by atoms with Crippen molar-refractivity contribution in [3.05, 3.63) is 70.5 Å². The summed E-state index contributed by atoms with van der Waals surface area (Å²) in [5.41, 5.74) is 2.59. The van der Waals surface area contributed by atoms with Crippen molar-refractivity contribution in [2.75, 3.05) is 0 Å². The zero-order valence-corrected chi connectivity index (χ0v) is 13.0. The first kappa shape index (κ1) is 12.1. The van der Waals surface area contributed by atoms with E-state index in [1.54, 1.807) is 0 Å². The van der Waals surface area contributed by atoms with E-state index in [1.807, 2.05) is 11.3 Å². The predicted molar refractivity (Wildman–Crippen MR) is 92.5 cm³/mol. The van der Waals surface area contributed by atoms with Crippen molar-refractivity contribution in [2.24, 2.45) is 0 Å². The fourth-order valence-corrected chi connectivity index (χ4v) is 4.06. The largest absolute Gasteiger partial charge is 0.143 e. The molecule has 1 heterocycles. The molecule has 1 aromatic heterocycles. The van der Waals surface area contributed by atoms with Crippen LogP contribution in [-0.4, -0.2) is 0 Å². The van der Waals surface area contributed by atoms with Gasteiger partial charge in [0.25, 0.3) is 0 Å². The summed E-state index contributed by atoms with van der Waals surface area (Å²) < 4.78 is 2.47. The topological polar surface area (TPSA) is 0 Å². The van der Waals surface area contributed by atoms with Crippen LogP contribution in [0.1, 0.15) is 0 Å². The maximum atomic E-state index is 3.56. The highest BCUT2D eigenvalue weighted by atomic mass is 79.9. The second-order valence-corrected chi connectivity index (χ2v) is 6.65. The fourth-order valence-electron chi connectivity index (χ4n) is 2.68. The van der Waals surface area contributed by atoms with Gasteiger partial charge in [-0.3, -0.25) is 0 Å². The maximum Gasteiger partial charge on any atom is 0.0355 e. The molecule has 0 amide bonds. The molecule has 0 aliphatic carbocycles. The molecule has 96 valence electrons. The van der Waals surface area contributed by atoms with Gasteiger partial charge in [-0.25, -0.2) is 0 Å². The van der Waals surface area contributed by atoms with Crippen molar-refractivity contribution in [3.63, 3.8) is 0 Å². The first-order valence-corrected chi connectivity index (χ1v) is 8.15. The van der Waals surface area contributed by atoms with E-state index in [9.17, 15) is 0 Å². The minimum atomic E-state index is 1.12. The van der Waals surface area contributed by atoms with Crippen LogP contribution in [-0.2, 0) is 0 Å². The third-order valence-electron chi connectivity index (χ3n) is 3.60. The van der Waals surface area contributed by atoms with Crippen LogP contribution in [0.5, 0.6) is 0 Å². The van der Waals surface area contributed by atoms with Gasteiger partial charge in [0.15, 0.2) is 0 Å². The summed E-state index contributed by atoms with van der Waals surface area (Å²) in [6.07, 6.45) is 0. The van der Waals surface area contributed by atoms with Crippen LogP contribution >= 0.6 is 27.3 Å². The molecule has 4 aromatic rings. The van der Waals surface area contributed by atoms with E-state index >= 15 is 0 Å². The van der Waals surface area contributed by atoms with Gasteiger partial charge in [0, 0.05) is 20.1 Å². The van der Waals surface area contributed by atoms with E-state index < -0.39 is 0 Å². The van der Waals surface area contributed by atoms with Crippen molar-refractivity contribution in [3.8, 4) is 11.1 Å². The first-order valence-electron chi connectivity index (χ1n) is 6.48. The van der Waals surface area contributed by atoms with E-state index in [4.69, 9.17) is 0 Å². The maximum absolute atomic E-state index is 3.56. The predicted octanol–water partition coefficient (Wildman–Crippen LogP) is 6.48. The SMILES string of the molecule is Brc1cccc(-c2csc3ccc4ccccc4c23)c1. The van der Waals surface area contributed by atoms with Crippen LogP contribution in [0.3, 0.4) is 0 Å². The Labute approximate surface area is 129 Å². The lowest BCUT2D eigenvalue weighted by molar-refractivity contribution is 1.64. The van der Waals surface area contributed by atoms with E-state index in [0.29, 0.717) is 0 Å². The van der Waals surface area contributed by atoms with E-state index in [1.165, 1.54) is 32.0 Å². The number of benzene rings is 3. The van der Waals surface area contributed by atoms with Gasteiger partial charge in [-0.2, -0.15) is 0 Å². The molecule has 0 saturated heterocycles. The first-order chi connectivity index (χ1) is 9.83. The van der Waals surface area contributed by atoms with Crippen LogP contribution in [0.2, 0.25) is 0 Å². The van der Waals surface area contributed by atoms with Crippen LogP contribution < -0.4 is 0 Å². The monoisotopic (exact) mass is 338 g/mol. The molecule has 0 aliphatic heterocycles. The average Bonchev–Trinajstić information content (AvgIpc) is 2.91. The Balaban J connectivity index is 2.12. The van der Waals surface area contributed by atoms with Gasteiger partial charge in [0.05, 0.1) is 0 Å². The number of halogens is 1. The molecule has 4 rings (SSSR count). The Bertz CT molecular complexity index is 921. The Morgan fingerprint density at radius 2 is 1.75 bits per heavy atom. The zero-order valence-electron chi connectivity index (χ0n) is 10.6. The molecule has 0 spiro atoms. The smallest absolute Gasteiger partial charge is 0.0355 e. The van der Waals surface area contributed by atoms with E-state index in [2.05, 4.69) is 82.0 Å². The Hall–Kier alpha value is -1.64. The van der Waals surface area contributed by atoms with Crippen LogP contribution in [0, 0.1) is 0 Å². The molecule has 0 fully saturated rings. The van der Waals surface area contributed by atoms with Crippen LogP contribution in [0.15, 0.2) is 70.5 Å². The van der Waals surface area contributed by atoms with Crippen LogP contribution in [0.25, 0.3) is 32.0 Å². The molecule has 0 unspecified atom stereocenters. The van der Waals surface area contributed by atoms with Gasteiger partial charge in [0.2, 0.25) is 0 Å².